The maximum atomic E-state index is 12.5. The van der Waals surface area contributed by atoms with E-state index in [0.29, 0.717) is 6.04 Å². The quantitative estimate of drug-likeness (QED) is 0.461. The van der Waals surface area contributed by atoms with E-state index in [4.69, 9.17) is 16.7 Å². The summed E-state index contributed by atoms with van der Waals surface area (Å²) in [5.74, 6) is -0.407. The van der Waals surface area contributed by atoms with Crippen LogP contribution in [-0.4, -0.2) is 25.6 Å². The average molecular weight is 426 g/mol. The zero-order valence-electron chi connectivity index (χ0n) is 16.1. The number of pyridine rings is 1. The number of amides is 1. The Morgan fingerprint density at radius 3 is 2.60 bits per heavy atom. The number of non-ortho nitro benzene ring substituents is 1. The fourth-order valence-corrected chi connectivity index (χ4v) is 4.03. The van der Waals surface area contributed by atoms with Gasteiger partial charge in [-0.15, -0.1) is 0 Å². The number of rotatable bonds is 6. The van der Waals surface area contributed by atoms with Crippen molar-refractivity contribution < 1.29 is 9.72 Å². The number of aromatic nitrogens is 3. The Kier molecular flexibility index (Phi) is 5.76. The van der Waals surface area contributed by atoms with E-state index in [1.54, 1.807) is 12.4 Å². The first-order chi connectivity index (χ1) is 14.5. The van der Waals surface area contributed by atoms with Gasteiger partial charge in [0.2, 0.25) is 0 Å². The smallest absolute Gasteiger partial charge is 0.270 e. The summed E-state index contributed by atoms with van der Waals surface area (Å²) in [6.45, 7) is 0.226. The molecule has 3 aromatic rings. The fourth-order valence-electron chi connectivity index (χ4n) is 3.76. The van der Waals surface area contributed by atoms with Crippen LogP contribution in [0.4, 0.5) is 5.69 Å². The SMILES string of the molecule is O=C(NCc1cc(-c2ccncc2)n(C2CCCC2)n1)c1ccc([N+](=O)[O-])cc1Cl. The first-order valence-electron chi connectivity index (χ1n) is 9.74. The third kappa shape index (κ3) is 4.18. The molecule has 0 bridgehead atoms. The predicted octanol–water partition coefficient (Wildman–Crippen LogP) is 4.55. The van der Waals surface area contributed by atoms with E-state index in [9.17, 15) is 14.9 Å². The van der Waals surface area contributed by atoms with E-state index in [-0.39, 0.29) is 22.8 Å². The van der Waals surface area contributed by atoms with Crippen molar-refractivity contribution in [1.82, 2.24) is 20.1 Å². The summed E-state index contributed by atoms with van der Waals surface area (Å²) in [4.78, 5) is 26.9. The standard InChI is InChI=1S/C21H20ClN5O3/c22-19-12-17(27(29)30)5-6-18(19)21(28)24-13-15-11-20(14-7-9-23-10-8-14)26(25-15)16-3-1-2-4-16/h5-12,16H,1-4,13H2,(H,24,28). The number of carbonyl (C=O) groups is 1. The molecule has 154 valence electrons. The van der Waals surface area contributed by atoms with Crippen molar-refractivity contribution in [1.29, 1.82) is 0 Å². The predicted molar refractivity (Wildman–Crippen MR) is 112 cm³/mol. The van der Waals surface area contributed by atoms with Crippen LogP contribution in [0.25, 0.3) is 11.3 Å². The number of nitrogens with zero attached hydrogens (tertiary/aromatic N) is 4. The van der Waals surface area contributed by atoms with Crippen LogP contribution in [0.15, 0.2) is 48.8 Å². The van der Waals surface area contributed by atoms with Crippen LogP contribution in [0.3, 0.4) is 0 Å². The monoisotopic (exact) mass is 425 g/mol. The summed E-state index contributed by atoms with van der Waals surface area (Å²) in [6.07, 6.45) is 8.04. The molecule has 0 unspecified atom stereocenters. The lowest BCUT2D eigenvalue weighted by Crippen LogP contribution is -2.23. The molecule has 1 amide bonds. The van der Waals surface area contributed by atoms with Gasteiger partial charge in [0.15, 0.2) is 0 Å². The Morgan fingerprint density at radius 1 is 1.20 bits per heavy atom. The topological polar surface area (TPSA) is 103 Å². The number of hydrogen-bond donors (Lipinski definition) is 1. The van der Waals surface area contributed by atoms with Gasteiger partial charge < -0.3 is 5.32 Å². The third-order valence-electron chi connectivity index (χ3n) is 5.27. The van der Waals surface area contributed by atoms with Gasteiger partial charge in [-0.3, -0.25) is 24.6 Å². The molecule has 8 nitrogen and oxygen atoms in total. The third-order valence-corrected chi connectivity index (χ3v) is 5.58. The Bertz CT molecular complexity index is 1080. The van der Waals surface area contributed by atoms with Crippen molar-refractivity contribution in [3.05, 3.63) is 75.2 Å². The van der Waals surface area contributed by atoms with E-state index in [2.05, 4.69) is 15.0 Å². The normalized spacial score (nSPS) is 14.0. The van der Waals surface area contributed by atoms with Crippen LogP contribution < -0.4 is 5.32 Å². The number of halogens is 1. The van der Waals surface area contributed by atoms with Gasteiger partial charge in [0.1, 0.15) is 0 Å². The van der Waals surface area contributed by atoms with Gasteiger partial charge in [0.05, 0.1) is 39.5 Å². The van der Waals surface area contributed by atoms with Crippen molar-refractivity contribution in [3.63, 3.8) is 0 Å². The lowest BCUT2D eigenvalue weighted by atomic mass is 10.1. The minimum Gasteiger partial charge on any atom is -0.346 e. The molecular weight excluding hydrogens is 406 g/mol. The van der Waals surface area contributed by atoms with E-state index in [1.807, 2.05) is 18.2 Å². The van der Waals surface area contributed by atoms with E-state index >= 15 is 0 Å². The maximum absolute atomic E-state index is 12.5. The van der Waals surface area contributed by atoms with Gasteiger partial charge in [-0.05, 0) is 37.1 Å². The molecule has 0 aliphatic heterocycles. The van der Waals surface area contributed by atoms with Crippen LogP contribution in [0.5, 0.6) is 0 Å². The number of carbonyl (C=O) groups excluding carboxylic acids is 1. The van der Waals surface area contributed by atoms with Crippen LogP contribution >= 0.6 is 11.6 Å². The zero-order valence-corrected chi connectivity index (χ0v) is 16.9. The second-order valence-electron chi connectivity index (χ2n) is 7.24. The molecule has 1 saturated carbocycles. The van der Waals surface area contributed by atoms with Crippen molar-refractivity contribution in [2.24, 2.45) is 0 Å². The van der Waals surface area contributed by atoms with E-state index < -0.39 is 10.8 Å². The highest BCUT2D eigenvalue weighted by Gasteiger charge is 2.22. The van der Waals surface area contributed by atoms with Gasteiger partial charge in [-0.25, -0.2) is 0 Å². The van der Waals surface area contributed by atoms with E-state index in [0.717, 1.165) is 29.8 Å². The zero-order chi connectivity index (χ0) is 21.1. The molecule has 1 fully saturated rings. The first-order valence-corrected chi connectivity index (χ1v) is 10.1. The Morgan fingerprint density at radius 2 is 1.93 bits per heavy atom. The average Bonchev–Trinajstić information content (AvgIpc) is 3.42. The number of nitro groups is 1. The molecule has 2 heterocycles. The molecule has 30 heavy (non-hydrogen) atoms. The van der Waals surface area contributed by atoms with Crippen molar-refractivity contribution in [2.45, 2.75) is 38.3 Å². The lowest BCUT2D eigenvalue weighted by molar-refractivity contribution is -0.384. The molecule has 0 saturated heterocycles. The first kappa shape index (κ1) is 20.0. The van der Waals surface area contributed by atoms with Crippen LogP contribution in [-0.2, 0) is 6.54 Å². The summed E-state index contributed by atoms with van der Waals surface area (Å²) in [6, 6.07) is 10.0. The number of nitrogens with one attached hydrogen (secondary N) is 1. The molecule has 0 atom stereocenters. The van der Waals surface area contributed by atoms with Crippen molar-refractivity contribution >= 4 is 23.2 Å². The second kappa shape index (κ2) is 8.62. The highest BCUT2D eigenvalue weighted by molar-refractivity contribution is 6.34. The summed E-state index contributed by atoms with van der Waals surface area (Å²) in [7, 11) is 0. The number of benzene rings is 1. The highest BCUT2D eigenvalue weighted by Crippen LogP contribution is 2.33. The molecule has 4 rings (SSSR count). The van der Waals surface area contributed by atoms with Gasteiger partial charge in [-0.1, -0.05) is 24.4 Å². The minimum atomic E-state index is -0.552. The van der Waals surface area contributed by atoms with Crippen LogP contribution in [0.2, 0.25) is 5.02 Å². The minimum absolute atomic E-state index is 0.0376. The largest absolute Gasteiger partial charge is 0.346 e. The molecule has 1 aromatic carbocycles. The number of nitro benzene ring substituents is 1. The number of hydrogen-bond acceptors (Lipinski definition) is 5. The molecule has 0 spiro atoms. The van der Waals surface area contributed by atoms with E-state index in [1.165, 1.54) is 31.0 Å². The molecule has 2 aromatic heterocycles. The fraction of sp³-hybridized carbons (Fsp3) is 0.286. The van der Waals surface area contributed by atoms with Crippen LogP contribution in [0, 0.1) is 10.1 Å². The van der Waals surface area contributed by atoms with Gasteiger partial charge in [0, 0.05) is 30.1 Å². The molecule has 1 N–H and O–H groups in total. The molecule has 0 radical (unpaired) electrons. The molecule has 1 aliphatic carbocycles. The summed E-state index contributed by atoms with van der Waals surface area (Å²) in [5.41, 5.74) is 2.79. The van der Waals surface area contributed by atoms with Gasteiger partial charge >= 0.3 is 0 Å². The molecule has 1 aliphatic rings. The lowest BCUT2D eigenvalue weighted by Gasteiger charge is -2.14. The van der Waals surface area contributed by atoms with Gasteiger partial charge in [-0.2, -0.15) is 5.10 Å². The maximum Gasteiger partial charge on any atom is 0.270 e. The van der Waals surface area contributed by atoms with Crippen LogP contribution in [0.1, 0.15) is 47.8 Å². The summed E-state index contributed by atoms with van der Waals surface area (Å²) >= 11 is 6.05. The second-order valence-corrected chi connectivity index (χ2v) is 7.65. The molecule has 9 heteroatoms. The van der Waals surface area contributed by atoms with Gasteiger partial charge in [0.25, 0.3) is 11.6 Å². The Labute approximate surface area is 178 Å². The van der Waals surface area contributed by atoms with Crippen molar-refractivity contribution in [3.8, 4) is 11.3 Å². The van der Waals surface area contributed by atoms with Crippen molar-refractivity contribution in [2.75, 3.05) is 0 Å². The highest BCUT2D eigenvalue weighted by atomic mass is 35.5. The Hall–Kier alpha value is -3.26. The summed E-state index contributed by atoms with van der Waals surface area (Å²) in [5, 5.41) is 18.4. The summed E-state index contributed by atoms with van der Waals surface area (Å²) < 4.78 is 2.06. The Balaban J connectivity index is 1.53. The molecular formula is C21H20ClN5O3.